The molecule has 0 amide bonds. The van der Waals surface area contributed by atoms with E-state index in [4.69, 9.17) is 0 Å². The van der Waals surface area contributed by atoms with Gasteiger partial charge in [-0.1, -0.05) is 18.1 Å². The summed E-state index contributed by atoms with van der Waals surface area (Å²) >= 11 is 0. The molecule has 1 aliphatic carbocycles. The van der Waals surface area contributed by atoms with Crippen LogP contribution < -0.4 is 5.32 Å². The Morgan fingerprint density at radius 1 is 1.24 bits per heavy atom. The average molecular weight is 232 g/mol. The van der Waals surface area contributed by atoms with Crippen molar-refractivity contribution in [2.45, 2.75) is 50.6 Å². The molecule has 0 spiro atoms. The third-order valence-corrected chi connectivity index (χ3v) is 5.51. The van der Waals surface area contributed by atoms with Gasteiger partial charge in [-0.3, -0.25) is 4.90 Å². The summed E-state index contributed by atoms with van der Waals surface area (Å²) in [6.45, 7) is 3.98. The minimum Gasteiger partial charge on any atom is -0.310 e. The van der Waals surface area contributed by atoms with Crippen LogP contribution in [0, 0.1) is 11.8 Å². The molecular formula is C15H24N2. The van der Waals surface area contributed by atoms with Gasteiger partial charge in [0.2, 0.25) is 0 Å². The summed E-state index contributed by atoms with van der Waals surface area (Å²) in [5.41, 5.74) is 1.77. The zero-order valence-electron chi connectivity index (χ0n) is 10.7. The number of fused-ring (bicyclic) bond motifs is 6. The molecule has 3 aliphatic heterocycles. The van der Waals surface area contributed by atoms with Gasteiger partial charge < -0.3 is 5.32 Å². The lowest BCUT2D eigenvalue weighted by molar-refractivity contribution is 0.0271. The van der Waals surface area contributed by atoms with Crippen LogP contribution in [-0.2, 0) is 0 Å². The molecule has 3 heterocycles. The van der Waals surface area contributed by atoms with E-state index in [9.17, 15) is 0 Å². The van der Waals surface area contributed by atoms with Crippen molar-refractivity contribution in [1.29, 1.82) is 0 Å². The molecule has 0 aromatic rings. The molecule has 2 nitrogen and oxygen atoms in total. The van der Waals surface area contributed by atoms with E-state index in [-0.39, 0.29) is 0 Å². The van der Waals surface area contributed by atoms with Crippen molar-refractivity contribution in [2.75, 3.05) is 19.6 Å². The SMILES string of the molecule is C1=C2CCCN[C@H]2[C@@H]2CC1[C@H]1CCCCN1C2. The highest BCUT2D eigenvalue weighted by atomic mass is 15.2. The largest absolute Gasteiger partial charge is 0.310 e. The fraction of sp³-hybridized carbons (Fsp3) is 0.867. The van der Waals surface area contributed by atoms with E-state index in [2.05, 4.69) is 16.3 Å². The number of hydrogen-bond acceptors (Lipinski definition) is 2. The van der Waals surface area contributed by atoms with E-state index in [1.54, 1.807) is 5.57 Å². The van der Waals surface area contributed by atoms with Crippen LogP contribution in [0.4, 0.5) is 0 Å². The smallest absolute Gasteiger partial charge is 0.0320 e. The predicted molar refractivity (Wildman–Crippen MR) is 69.9 cm³/mol. The monoisotopic (exact) mass is 232 g/mol. The van der Waals surface area contributed by atoms with E-state index in [1.165, 1.54) is 58.2 Å². The Bertz CT molecular complexity index is 336. The van der Waals surface area contributed by atoms with Crippen molar-refractivity contribution >= 4 is 0 Å². The van der Waals surface area contributed by atoms with Gasteiger partial charge in [0.1, 0.15) is 0 Å². The molecule has 1 unspecified atom stereocenters. The molecule has 2 heteroatoms. The first-order valence-electron chi connectivity index (χ1n) is 7.60. The quantitative estimate of drug-likeness (QED) is 0.644. The van der Waals surface area contributed by atoms with Crippen molar-refractivity contribution in [2.24, 2.45) is 11.8 Å². The standard InChI is InChI=1S/C15H24N2/c1-2-7-17-10-13-9-12(14(17)5-1)8-11-4-3-6-16-15(11)13/h8,12-16H,1-7,9-10H2/t12?,13-,14-,15-/m1/s1. The highest BCUT2D eigenvalue weighted by Crippen LogP contribution is 2.42. The minimum atomic E-state index is 0.739. The first-order chi connectivity index (χ1) is 8.42. The van der Waals surface area contributed by atoms with Crippen molar-refractivity contribution in [1.82, 2.24) is 10.2 Å². The summed E-state index contributed by atoms with van der Waals surface area (Å²) in [6.07, 6.45) is 11.2. The van der Waals surface area contributed by atoms with Crippen LogP contribution in [0.3, 0.4) is 0 Å². The van der Waals surface area contributed by atoms with Gasteiger partial charge in [-0.25, -0.2) is 0 Å². The van der Waals surface area contributed by atoms with Crippen molar-refractivity contribution in [3.8, 4) is 0 Å². The molecule has 0 radical (unpaired) electrons. The van der Waals surface area contributed by atoms with E-state index in [0.717, 1.165) is 23.9 Å². The van der Waals surface area contributed by atoms with E-state index >= 15 is 0 Å². The maximum atomic E-state index is 3.78. The molecule has 0 aromatic carbocycles. The molecule has 4 atom stereocenters. The Morgan fingerprint density at radius 2 is 2.24 bits per heavy atom. The number of piperidine rings is 3. The number of rotatable bonds is 0. The summed E-state index contributed by atoms with van der Waals surface area (Å²) in [5, 5.41) is 3.78. The first kappa shape index (κ1) is 10.6. The molecule has 2 bridgehead atoms. The average Bonchev–Trinajstić information content (AvgIpc) is 2.39. The van der Waals surface area contributed by atoms with E-state index in [0.29, 0.717) is 0 Å². The van der Waals surface area contributed by atoms with Gasteiger partial charge >= 0.3 is 0 Å². The topological polar surface area (TPSA) is 15.3 Å². The number of nitrogens with one attached hydrogen (secondary N) is 1. The molecule has 3 saturated heterocycles. The van der Waals surface area contributed by atoms with Gasteiger partial charge in [-0.2, -0.15) is 0 Å². The maximum absolute atomic E-state index is 3.78. The van der Waals surface area contributed by atoms with Crippen LogP contribution in [-0.4, -0.2) is 36.6 Å². The molecule has 1 N–H and O–H groups in total. The van der Waals surface area contributed by atoms with E-state index < -0.39 is 0 Å². The summed E-state index contributed by atoms with van der Waals surface area (Å²) in [7, 11) is 0. The number of nitrogens with zero attached hydrogens (tertiary/aromatic N) is 1. The summed E-state index contributed by atoms with van der Waals surface area (Å²) in [4.78, 5) is 2.81. The molecule has 4 rings (SSSR count). The van der Waals surface area contributed by atoms with Crippen molar-refractivity contribution in [3.63, 3.8) is 0 Å². The number of hydrogen-bond donors (Lipinski definition) is 1. The van der Waals surface area contributed by atoms with Crippen LogP contribution in [0.5, 0.6) is 0 Å². The Balaban J connectivity index is 1.64. The van der Waals surface area contributed by atoms with E-state index in [1.807, 2.05) is 0 Å². The van der Waals surface area contributed by atoms with Crippen LogP contribution in [0.1, 0.15) is 38.5 Å². The predicted octanol–water partition coefficient (Wildman–Crippen LogP) is 2.17. The highest BCUT2D eigenvalue weighted by Gasteiger charge is 2.43. The van der Waals surface area contributed by atoms with Gasteiger partial charge in [-0.15, -0.1) is 0 Å². The Morgan fingerprint density at radius 3 is 3.24 bits per heavy atom. The van der Waals surface area contributed by atoms with Gasteiger partial charge in [0.05, 0.1) is 0 Å². The normalized spacial score (nSPS) is 45.8. The van der Waals surface area contributed by atoms with Crippen LogP contribution in [0.15, 0.2) is 11.6 Å². The fourth-order valence-electron chi connectivity index (χ4n) is 4.80. The first-order valence-corrected chi connectivity index (χ1v) is 7.60. The van der Waals surface area contributed by atoms with Gasteiger partial charge in [-0.05, 0) is 57.0 Å². The second-order valence-electron chi connectivity index (χ2n) is 6.49. The summed E-state index contributed by atoms with van der Waals surface area (Å²) in [6, 6.07) is 1.64. The van der Waals surface area contributed by atoms with Gasteiger partial charge in [0.25, 0.3) is 0 Å². The molecular weight excluding hydrogens is 208 g/mol. The van der Waals surface area contributed by atoms with Crippen LogP contribution in [0.2, 0.25) is 0 Å². The second-order valence-corrected chi connectivity index (χ2v) is 6.49. The highest BCUT2D eigenvalue weighted by molar-refractivity contribution is 5.23. The lowest BCUT2D eigenvalue weighted by Crippen LogP contribution is -2.58. The van der Waals surface area contributed by atoms with Gasteiger partial charge in [0, 0.05) is 18.6 Å². The van der Waals surface area contributed by atoms with Gasteiger partial charge in [0.15, 0.2) is 0 Å². The lowest BCUT2D eigenvalue weighted by Gasteiger charge is -2.52. The Labute approximate surface area is 104 Å². The molecule has 0 saturated carbocycles. The fourth-order valence-corrected chi connectivity index (χ4v) is 4.80. The third kappa shape index (κ3) is 1.68. The van der Waals surface area contributed by atoms with Crippen LogP contribution in [0.25, 0.3) is 0 Å². The molecule has 17 heavy (non-hydrogen) atoms. The minimum absolute atomic E-state index is 0.739. The maximum Gasteiger partial charge on any atom is 0.0320 e. The third-order valence-electron chi connectivity index (χ3n) is 5.51. The summed E-state index contributed by atoms with van der Waals surface area (Å²) in [5.74, 6) is 1.80. The Kier molecular flexibility index (Phi) is 2.55. The molecule has 0 aromatic heterocycles. The Hall–Kier alpha value is -0.340. The molecule has 3 fully saturated rings. The zero-order valence-corrected chi connectivity index (χ0v) is 10.7. The van der Waals surface area contributed by atoms with Crippen molar-refractivity contribution < 1.29 is 0 Å². The van der Waals surface area contributed by atoms with Crippen molar-refractivity contribution in [3.05, 3.63) is 11.6 Å². The summed E-state index contributed by atoms with van der Waals surface area (Å²) < 4.78 is 0. The second kappa shape index (κ2) is 4.10. The van der Waals surface area contributed by atoms with Crippen LogP contribution >= 0.6 is 0 Å². The zero-order chi connectivity index (χ0) is 11.2. The molecule has 94 valence electrons. The molecule has 4 aliphatic rings. The lowest BCUT2D eigenvalue weighted by atomic mass is 9.68.